The molecule has 0 unspecified atom stereocenters. The molecule has 0 saturated heterocycles. The Hall–Kier alpha value is -1.39. The maximum atomic E-state index is 13.1. The van der Waals surface area contributed by atoms with E-state index >= 15 is 0 Å². The Morgan fingerprint density at radius 1 is 1.50 bits per heavy atom. The molecule has 1 aliphatic rings. The molecular weight excluding hydrogens is 214 g/mol. The minimum absolute atomic E-state index is 0.136. The topological polar surface area (TPSA) is 44.9 Å². The van der Waals surface area contributed by atoms with Gasteiger partial charge in [-0.1, -0.05) is 0 Å². The number of hydrogen-bond donors (Lipinski definition) is 2. The van der Waals surface area contributed by atoms with Crippen molar-refractivity contribution >= 4 is 5.91 Å². The SMILES string of the molecule is O=C(N[C@@H]1CCC[C@H](F)C1)c1cc(F)c[nH]1. The minimum Gasteiger partial charge on any atom is -0.355 e. The van der Waals surface area contributed by atoms with Crippen molar-refractivity contribution in [3.63, 3.8) is 0 Å². The molecule has 5 heteroatoms. The summed E-state index contributed by atoms with van der Waals surface area (Å²) < 4.78 is 25.7. The van der Waals surface area contributed by atoms with Gasteiger partial charge < -0.3 is 10.3 Å². The van der Waals surface area contributed by atoms with Crippen LogP contribution in [0.1, 0.15) is 36.2 Å². The predicted octanol–water partition coefficient (Wildman–Crippen LogP) is 2.16. The quantitative estimate of drug-likeness (QED) is 0.800. The molecule has 16 heavy (non-hydrogen) atoms. The van der Waals surface area contributed by atoms with Gasteiger partial charge in [0, 0.05) is 18.3 Å². The molecule has 0 spiro atoms. The van der Waals surface area contributed by atoms with Crippen LogP contribution < -0.4 is 5.32 Å². The first kappa shape index (κ1) is 11.1. The summed E-state index contributed by atoms with van der Waals surface area (Å²) in [6, 6.07) is 0.994. The van der Waals surface area contributed by atoms with Crippen molar-refractivity contribution < 1.29 is 13.6 Å². The molecule has 3 nitrogen and oxygen atoms in total. The summed E-state index contributed by atoms with van der Waals surface area (Å²) in [5.41, 5.74) is 0.179. The lowest BCUT2D eigenvalue weighted by atomic mass is 9.94. The van der Waals surface area contributed by atoms with Gasteiger partial charge in [0.25, 0.3) is 5.91 Å². The van der Waals surface area contributed by atoms with Crippen molar-refractivity contribution in [1.82, 2.24) is 10.3 Å². The summed E-state index contributed by atoms with van der Waals surface area (Å²) >= 11 is 0. The molecule has 2 atom stereocenters. The molecule has 1 heterocycles. The number of aromatic nitrogens is 1. The minimum atomic E-state index is -0.834. The second-order valence-electron chi connectivity index (χ2n) is 4.17. The number of H-pyrrole nitrogens is 1. The number of alkyl halides is 1. The third-order valence-corrected chi connectivity index (χ3v) is 2.84. The number of amides is 1. The van der Waals surface area contributed by atoms with Crippen molar-refractivity contribution in [2.75, 3.05) is 0 Å². The fraction of sp³-hybridized carbons (Fsp3) is 0.545. The van der Waals surface area contributed by atoms with Crippen LogP contribution in [0.2, 0.25) is 0 Å². The van der Waals surface area contributed by atoms with E-state index in [1.165, 1.54) is 0 Å². The normalized spacial score (nSPS) is 25.4. The monoisotopic (exact) mass is 228 g/mol. The largest absolute Gasteiger partial charge is 0.355 e. The smallest absolute Gasteiger partial charge is 0.268 e. The van der Waals surface area contributed by atoms with Crippen molar-refractivity contribution in [2.24, 2.45) is 0 Å². The first-order valence-electron chi connectivity index (χ1n) is 5.44. The van der Waals surface area contributed by atoms with E-state index in [4.69, 9.17) is 0 Å². The van der Waals surface area contributed by atoms with Crippen LogP contribution >= 0.6 is 0 Å². The van der Waals surface area contributed by atoms with Crippen molar-refractivity contribution in [1.29, 1.82) is 0 Å². The second-order valence-corrected chi connectivity index (χ2v) is 4.17. The molecule has 0 bridgehead atoms. The van der Waals surface area contributed by atoms with Gasteiger partial charge in [0.2, 0.25) is 0 Å². The number of halogens is 2. The molecule has 2 N–H and O–H groups in total. The predicted molar refractivity (Wildman–Crippen MR) is 55.4 cm³/mol. The Morgan fingerprint density at radius 3 is 2.94 bits per heavy atom. The number of aromatic amines is 1. The highest BCUT2D eigenvalue weighted by Gasteiger charge is 2.23. The molecule has 1 aromatic rings. The van der Waals surface area contributed by atoms with Crippen LogP contribution in [0.25, 0.3) is 0 Å². The van der Waals surface area contributed by atoms with Gasteiger partial charge in [0.1, 0.15) is 17.7 Å². The Morgan fingerprint density at radius 2 is 2.31 bits per heavy atom. The number of rotatable bonds is 2. The fourth-order valence-electron chi connectivity index (χ4n) is 2.02. The van der Waals surface area contributed by atoms with Crippen LogP contribution in [0.15, 0.2) is 12.3 Å². The third-order valence-electron chi connectivity index (χ3n) is 2.84. The van der Waals surface area contributed by atoms with E-state index < -0.39 is 12.0 Å². The van der Waals surface area contributed by atoms with Crippen molar-refractivity contribution in [3.8, 4) is 0 Å². The van der Waals surface area contributed by atoms with Crippen LogP contribution in [0.5, 0.6) is 0 Å². The lowest BCUT2D eigenvalue weighted by Gasteiger charge is -2.25. The third kappa shape index (κ3) is 2.59. The summed E-state index contributed by atoms with van der Waals surface area (Å²) in [5, 5.41) is 2.70. The highest BCUT2D eigenvalue weighted by atomic mass is 19.1. The van der Waals surface area contributed by atoms with Crippen LogP contribution in [-0.4, -0.2) is 23.1 Å². The van der Waals surface area contributed by atoms with Gasteiger partial charge in [0.15, 0.2) is 0 Å². The number of carbonyl (C=O) groups excluding carboxylic acids is 1. The van der Waals surface area contributed by atoms with E-state index in [1.54, 1.807) is 0 Å². The van der Waals surface area contributed by atoms with Gasteiger partial charge in [-0.2, -0.15) is 0 Å². The Kier molecular flexibility index (Phi) is 3.22. The molecule has 2 rings (SSSR count). The average molecular weight is 228 g/mol. The maximum absolute atomic E-state index is 13.1. The first-order valence-corrected chi connectivity index (χ1v) is 5.44. The van der Waals surface area contributed by atoms with E-state index in [1.807, 2.05) is 0 Å². The highest BCUT2D eigenvalue weighted by Crippen LogP contribution is 2.21. The zero-order chi connectivity index (χ0) is 11.5. The lowest BCUT2D eigenvalue weighted by molar-refractivity contribution is 0.0908. The Bertz CT molecular complexity index is 378. The van der Waals surface area contributed by atoms with Gasteiger partial charge >= 0.3 is 0 Å². The van der Waals surface area contributed by atoms with E-state index in [-0.39, 0.29) is 17.6 Å². The number of nitrogens with one attached hydrogen (secondary N) is 2. The summed E-state index contributed by atoms with van der Waals surface area (Å²) in [7, 11) is 0. The van der Waals surface area contributed by atoms with E-state index in [0.29, 0.717) is 12.8 Å². The van der Waals surface area contributed by atoms with Gasteiger partial charge in [-0.15, -0.1) is 0 Å². The number of carbonyl (C=O) groups is 1. The van der Waals surface area contributed by atoms with Crippen LogP contribution in [0, 0.1) is 5.82 Å². The van der Waals surface area contributed by atoms with Crippen molar-refractivity contribution in [3.05, 3.63) is 23.8 Å². The first-order chi connectivity index (χ1) is 7.65. The molecular formula is C11H14F2N2O. The lowest BCUT2D eigenvalue weighted by Crippen LogP contribution is -2.39. The maximum Gasteiger partial charge on any atom is 0.268 e. The summed E-state index contributed by atoms with van der Waals surface area (Å²) in [6.45, 7) is 0. The standard InChI is InChI=1S/C11H14F2N2O/c12-7-2-1-3-9(4-7)15-11(16)10-5-8(13)6-14-10/h5-7,9,14H,1-4H2,(H,15,16)/t7-,9+/m0/s1. The zero-order valence-electron chi connectivity index (χ0n) is 8.80. The molecule has 0 radical (unpaired) electrons. The molecule has 1 amide bonds. The summed E-state index contributed by atoms with van der Waals surface area (Å²) in [6.07, 6.45) is 2.78. The Balaban J connectivity index is 1.92. The summed E-state index contributed by atoms with van der Waals surface area (Å²) in [4.78, 5) is 14.1. The number of hydrogen-bond acceptors (Lipinski definition) is 1. The molecule has 88 valence electrons. The zero-order valence-corrected chi connectivity index (χ0v) is 8.80. The highest BCUT2D eigenvalue weighted by molar-refractivity contribution is 5.92. The molecule has 1 saturated carbocycles. The fourth-order valence-corrected chi connectivity index (χ4v) is 2.02. The van der Waals surface area contributed by atoms with Gasteiger partial charge in [-0.25, -0.2) is 8.78 Å². The molecule has 0 aliphatic heterocycles. The molecule has 1 aliphatic carbocycles. The van der Waals surface area contributed by atoms with Gasteiger partial charge in [-0.05, 0) is 25.7 Å². The summed E-state index contributed by atoms with van der Waals surface area (Å²) in [5.74, 6) is -0.847. The van der Waals surface area contributed by atoms with Crippen LogP contribution in [0.3, 0.4) is 0 Å². The Labute approximate surface area is 92.2 Å². The van der Waals surface area contributed by atoms with Crippen LogP contribution in [0.4, 0.5) is 8.78 Å². The second kappa shape index (κ2) is 4.63. The van der Waals surface area contributed by atoms with Crippen LogP contribution in [-0.2, 0) is 0 Å². The van der Waals surface area contributed by atoms with Crippen molar-refractivity contribution in [2.45, 2.75) is 37.9 Å². The van der Waals surface area contributed by atoms with E-state index in [9.17, 15) is 13.6 Å². The average Bonchev–Trinajstić information content (AvgIpc) is 2.65. The molecule has 1 fully saturated rings. The molecule has 0 aromatic carbocycles. The van der Waals surface area contributed by atoms with E-state index in [2.05, 4.69) is 10.3 Å². The van der Waals surface area contributed by atoms with Gasteiger partial charge in [0.05, 0.1) is 0 Å². The van der Waals surface area contributed by atoms with E-state index in [0.717, 1.165) is 25.1 Å². The molecule has 1 aromatic heterocycles. The van der Waals surface area contributed by atoms with Gasteiger partial charge in [-0.3, -0.25) is 4.79 Å².